The number of carbonyl (C=O) groups is 2. The van der Waals surface area contributed by atoms with Crippen LogP contribution in [0.5, 0.6) is 0 Å². The number of benzene rings is 1. The van der Waals surface area contributed by atoms with Crippen LogP contribution >= 0.6 is 0 Å². The molecule has 1 aromatic heterocycles. The lowest BCUT2D eigenvalue weighted by Gasteiger charge is -2.31. The van der Waals surface area contributed by atoms with Gasteiger partial charge in [-0.2, -0.15) is 0 Å². The van der Waals surface area contributed by atoms with Gasteiger partial charge in [-0.1, -0.05) is 45.2 Å². The number of carbonyl (C=O) groups excluding carboxylic acids is 2. The van der Waals surface area contributed by atoms with E-state index in [0.717, 1.165) is 42.5 Å². The largest absolute Gasteiger partial charge is 0.346 e. The maximum atomic E-state index is 13.1. The number of likely N-dealkylation sites (N-methyl/N-ethyl adjacent to an activating group) is 1. The van der Waals surface area contributed by atoms with E-state index < -0.39 is 0 Å². The lowest BCUT2D eigenvalue weighted by atomic mass is 9.94. The normalized spacial score (nSPS) is 16.0. The summed E-state index contributed by atoms with van der Waals surface area (Å²) < 4.78 is 1.98. The summed E-state index contributed by atoms with van der Waals surface area (Å²) in [6.07, 6.45) is 7.46. The minimum absolute atomic E-state index is 0.00402. The van der Waals surface area contributed by atoms with E-state index in [-0.39, 0.29) is 30.3 Å². The van der Waals surface area contributed by atoms with Crippen molar-refractivity contribution in [2.24, 2.45) is 5.92 Å². The topological polar surface area (TPSA) is 67.2 Å². The van der Waals surface area contributed by atoms with Crippen LogP contribution in [0.4, 0.5) is 0 Å². The van der Waals surface area contributed by atoms with E-state index in [0.29, 0.717) is 6.04 Å². The van der Waals surface area contributed by atoms with E-state index in [1.54, 1.807) is 0 Å². The van der Waals surface area contributed by atoms with Crippen LogP contribution in [0.3, 0.4) is 0 Å². The molecule has 1 fully saturated rings. The first-order valence-corrected chi connectivity index (χ1v) is 11.5. The summed E-state index contributed by atoms with van der Waals surface area (Å²) in [6.45, 7) is 6.27. The van der Waals surface area contributed by atoms with Gasteiger partial charge in [-0.3, -0.25) is 9.59 Å². The highest BCUT2D eigenvalue weighted by atomic mass is 16.2. The number of rotatable bonds is 8. The van der Waals surface area contributed by atoms with Crippen LogP contribution in [-0.4, -0.2) is 39.4 Å². The van der Waals surface area contributed by atoms with E-state index in [2.05, 4.69) is 5.32 Å². The molecule has 0 radical (unpaired) electrons. The van der Waals surface area contributed by atoms with Crippen molar-refractivity contribution in [1.82, 2.24) is 19.8 Å². The SMILES string of the molecule is CCC(CC)C(=O)NC(C)c1nc2ccccc2n1CC(=O)N(C)C1CCCCC1. The Morgan fingerprint density at radius 1 is 1.17 bits per heavy atom. The molecule has 2 aromatic rings. The van der Waals surface area contributed by atoms with Crippen molar-refractivity contribution in [2.45, 2.75) is 84.3 Å². The molecule has 0 saturated heterocycles. The summed E-state index contributed by atoms with van der Waals surface area (Å²) in [6, 6.07) is 7.93. The monoisotopic (exact) mass is 412 g/mol. The Bertz CT molecular complexity index is 865. The minimum atomic E-state index is -0.265. The van der Waals surface area contributed by atoms with Gasteiger partial charge in [-0.05, 0) is 44.7 Å². The Morgan fingerprint density at radius 2 is 1.83 bits per heavy atom. The Kier molecular flexibility index (Phi) is 7.51. The van der Waals surface area contributed by atoms with E-state index in [4.69, 9.17) is 4.98 Å². The molecule has 1 N–H and O–H groups in total. The summed E-state index contributed by atoms with van der Waals surface area (Å²) in [7, 11) is 1.93. The van der Waals surface area contributed by atoms with E-state index in [9.17, 15) is 9.59 Å². The standard InChI is InChI=1S/C24H36N4O2/c1-5-18(6-2)24(30)25-17(3)23-26-20-14-10-11-15-21(20)28(23)16-22(29)27(4)19-12-8-7-9-13-19/h10-11,14-15,17-19H,5-9,12-13,16H2,1-4H3,(H,25,30). The second-order valence-electron chi connectivity index (χ2n) is 8.59. The molecule has 2 amide bonds. The molecule has 1 aliphatic carbocycles. The van der Waals surface area contributed by atoms with Crippen LogP contribution in [0, 0.1) is 5.92 Å². The van der Waals surface area contributed by atoms with Gasteiger partial charge in [0.2, 0.25) is 11.8 Å². The van der Waals surface area contributed by atoms with Gasteiger partial charge in [0.1, 0.15) is 12.4 Å². The highest BCUT2D eigenvalue weighted by Gasteiger charge is 2.26. The zero-order valence-corrected chi connectivity index (χ0v) is 18.9. The van der Waals surface area contributed by atoms with E-state index in [1.165, 1.54) is 19.3 Å². The number of amides is 2. The predicted molar refractivity (Wildman–Crippen MR) is 120 cm³/mol. The third-order valence-electron chi connectivity index (χ3n) is 6.60. The van der Waals surface area contributed by atoms with Crippen molar-refractivity contribution in [3.05, 3.63) is 30.1 Å². The smallest absolute Gasteiger partial charge is 0.242 e. The number of nitrogens with one attached hydrogen (secondary N) is 1. The van der Waals surface area contributed by atoms with Gasteiger partial charge < -0.3 is 14.8 Å². The lowest BCUT2D eigenvalue weighted by Crippen LogP contribution is -2.40. The molecule has 1 aliphatic rings. The number of nitrogens with zero attached hydrogens (tertiary/aromatic N) is 3. The average Bonchev–Trinajstić information content (AvgIpc) is 3.13. The van der Waals surface area contributed by atoms with Gasteiger partial charge in [0.05, 0.1) is 17.1 Å². The van der Waals surface area contributed by atoms with E-state index in [1.807, 2.05) is 61.6 Å². The van der Waals surface area contributed by atoms with Crippen molar-refractivity contribution < 1.29 is 9.59 Å². The first kappa shape index (κ1) is 22.3. The molecule has 1 heterocycles. The number of para-hydroxylation sites is 2. The molecule has 30 heavy (non-hydrogen) atoms. The van der Waals surface area contributed by atoms with Crippen LogP contribution in [-0.2, 0) is 16.1 Å². The van der Waals surface area contributed by atoms with Crippen LogP contribution in [0.25, 0.3) is 11.0 Å². The molecule has 6 heteroatoms. The number of hydrogen-bond donors (Lipinski definition) is 1. The molecule has 164 valence electrons. The zero-order valence-electron chi connectivity index (χ0n) is 18.9. The van der Waals surface area contributed by atoms with Gasteiger partial charge in [-0.25, -0.2) is 4.98 Å². The van der Waals surface area contributed by atoms with Gasteiger partial charge in [-0.15, -0.1) is 0 Å². The Morgan fingerprint density at radius 3 is 2.50 bits per heavy atom. The predicted octanol–water partition coefficient (Wildman–Crippen LogP) is 4.44. The molecule has 0 bridgehead atoms. The van der Waals surface area contributed by atoms with Crippen molar-refractivity contribution >= 4 is 22.8 Å². The number of aromatic nitrogens is 2. The summed E-state index contributed by atoms with van der Waals surface area (Å²) in [4.78, 5) is 32.5. The van der Waals surface area contributed by atoms with Gasteiger partial charge in [0, 0.05) is 19.0 Å². The zero-order chi connectivity index (χ0) is 21.7. The number of imidazole rings is 1. The van der Waals surface area contributed by atoms with Gasteiger partial charge in [0.15, 0.2) is 0 Å². The van der Waals surface area contributed by atoms with Gasteiger partial charge >= 0.3 is 0 Å². The summed E-state index contributed by atoms with van der Waals surface area (Å²) >= 11 is 0. The fourth-order valence-corrected chi connectivity index (χ4v) is 4.56. The van der Waals surface area contributed by atoms with Crippen LogP contribution in [0.15, 0.2) is 24.3 Å². The molecular formula is C24H36N4O2. The molecular weight excluding hydrogens is 376 g/mol. The highest BCUT2D eigenvalue weighted by molar-refractivity contribution is 5.82. The quantitative estimate of drug-likeness (QED) is 0.697. The fourth-order valence-electron chi connectivity index (χ4n) is 4.56. The fraction of sp³-hybridized carbons (Fsp3) is 0.625. The third kappa shape index (κ3) is 4.85. The molecule has 0 spiro atoms. The first-order chi connectivity index (χ1) is 14.5. The number of fused-ring (bicyclic) bond motifs is 1. The second-order valence-corrected chi connectivity index (χ2v) is 8.59. The Hall–Kier alpha value is -2.37. The van der Waals surface area contributed by atoms with Crippen LogP contribution in [0.2, 0.25) is 0 Å². The maximum Gasteiger partial charge on any atom is 0.242 e. The van der Waals surface area contributed by atoms with E-state index >= 15 is 0 Å². The van der Waals surface area contributed by atoms with Crippen molar-refractivity contribution in [2.75, 3.05) is 7.05 Å². The summed E-state index contributed by atoms with van der Waals surface area (Å²) in [5.74, 6) is 0.895. The van der Waals surface area contributed by atoms with Crippen LogP contribution < -0.4 is 5.32 Å². The van der Waals surface area contributed by atoms with Crippen molar-refractivity contribution in [3.8, 4) is 0 Å². The molecule has 3 rings (SSSR count). The van der Waals surface area contributed by atoms with Crippen molar-refractivity contribution in [1.29, 1.82) is 0 Å². The molecule has 1 aromatic carbocycles. The molecule has 1 unspecified atom stereocenters. The highest BCUT2D eigenvalue weighted by Crippen LogP contribution is 2.24. The second kappa shape index (κ2) is 10.1. The Balaban J connectivity index is 1.84. The average molecular weight is 413 g/mol. The third-order valence-corrected chi connectivity index (χ3v) is 6.60. The molecule has 1 saturated carbocycles. The van der Waals surface area contributed by atoms with Crippen LogP contribution in [0.1, 0.15) is 77.6 Å². The molecule has 0 aliphatic heterocycles. The van der Waals surface area contributed by atoms with Crippen molar-refractivity contribution in [3.63, 3.8) is 0 Å². The Labute approximate surface area is 180 Å². The summed E-state index contributed by atoms with van der Waals surface area (Å²) in [5, 5.41) is 3.12. The molecule has 6 nitrogen and oxygen atoms in total. The van der Waals surface area contributed by atoms with Gasteiger partial charge in [0.25, 0.3) is 0 Å². The number of hydrogen-bond acceptors (Lipinski definition) is 3. The first-order valence-electron chi connectivity index (χ1n) is 11.5. The molecule has 1 atom stereocenters. The minimum Gasteiger partial charge on any atom is -0.346 e. The maximum absolute atomic E-state index is 13.1. The summed E-state index contributed by atoms with van der Waals surface area (Å²) in [5.41, 5.74) is 1.78. The lowest BCUT2D eigenvalue weighted by molar-refractivity contribution is -0.133.